The monoisotopic (exact) mass is 261 g/mol. The third-order valence-electron chi connectivity index (χ3n) is 4.32. The van der Waals surface area contributed by atoms with E-state index < -0.39 is 0 Å². The molecular formula is C19H19N. The zero-order chi connectivity index (χ0) is 14.3. The van der Waals surface area contributed by atoms with Crippen molar-refractivity contribution in [2.24, 2.45) is 0 Å². The molecule has 100 valence electrons. The summed E-state index contributed by atoms with van der Waals surface area (Å²) in [5.74, 6) is 0. The highest BCUT2D eigenvalue weighted by Gasteiger charge is 2.12. The van der Waals surface area contributed by atoms with E-state index in [0.29, 0.717) is 0 Å². The zero-order valence-corrected chi connectivity index (χ0v) is 12.5. The van der Waals surface area contributed by atoms with Gasteiger partial charge in [0, 0.05) is 10.9 Å². The van der Waals surface area contributed by atoms with E-state index in [1.54, 1.807) is 0 Å². The maximum absolute atomic E-state index is 4.91. The molecular weight excluding hydrogens is 242 g/mol. The minimum absolute atomic E-state index is 1.08. The number of pyridine rings is 1. The second-order valence-corrected chi connectivity index (χ2v) is 5.48. The van der Waals surface area contributed by atoms with Crippen LogP contribution in [0.25, 0.3) is 22.2 Å². The van der Waals surface area contributed by atoms with E-state index in [9.17, 15) is 0 Å². The van der Waals surface area contributed by atoms with E-state index in [2.05, 4.69) is 70.2 Å². The van der Waals surface area contributed by atoms with Gasteiger partial charge in [-0.2, -0.15) is 0 Å². The van der Waals surface area contributed by atoms with Crippen LogP contribution in [0.4, 0.5) is 0 Å². The van der Waals surface area contributed by atoms with E-state index in [1.807, 2.05) is 0 Å². The predicted octanol–water partition coefficient (Wildman–Crippen LogP) is 5.14. The van der Waals surface area contributed by atoms with E-state index >= 15 is 0 Å². The first-order valence-corrected chi connectivity index (χ1v) is 7.02. The smallest absolute Gasteiger partial charge is 0.0744 e. The second kappa shape index (κ2) is 4.75. The Kier molecular flexibility index (Phi) is 3.06. The van der Waals surface area contributed by atoms with Crippen LogP contribution in [0.2, 0.25) is 0 Å². The van der Waals surface area contributed by atoms with Crippen molar-refractivity contribution < 1.29 is 0 Å². The van der Waals surface area contributed by atoms with Crippen molar-refractivity contribution in [2.75, 3.05) is 0 Å². The van der Waals surface area contributed by atoms with Crippen molar-refractivity contribution in [1.29, 1.82) is 0 Å². The number of hydrogen-bond donors (Lipinski definition) is 0. The first kappa shape index (κ1) is 12.9. The summed E-state index contributed by atoms with van der Waals surface area (Å²) >= 11 is 0. The molecule has 0 fully saturated rings. The summed E-state index contributed by atoms with van der Waals surface area (Å²) in [7, 11) is 0. The van der Waals surface area contributed by atoms with Gasteiger partial charge in [0.1, 0.15) is 0 Å². The molecule has 0 saturated heterocycles. The van der Waals surface area contributed by atoms with Crippen LogP contribution in [0, 0.1) is 27.7 Å². The molecule has 0 aliphatic rings. The SMILES string of the molecule is Cc1cccc(-c2nc3ccccc3c(C)c2C)c1C. The molecule has 0 aliphatic heterocycles. The van der Waals surface area contributed by atoms with Crippen LogP contribution in [0.1, 0.15) is 22.3 Å². The van der Waals surface area contributed by atoms with E-state index in [4.69, 9.17) is 4.98 Å². The molecule has 2 aromatic carbocycles. The van der Waals surface area contributed by atoms with Gasteiger partial charge in [-0.15, -0.1) is 0 Å². The van der Waals surface area contributed by atoms with Crippen molar-refractivity contribution in [3.8, 4) is 11.3 Å². The summed E-state index contributed by atoms with van der Waals surface area (Å²) in [6.45, 7) is 8.69. The van der Waals surface area contributed by atoms with Gasteiger partial charge in [0.25, 0.3) is 0 Å². The lowest BCUT2D eigenvalue weighted by Gasteiger charge is -2.14. The minimum atomic E-state index is 1.08. The van der Waals surface area contributed by atoms with E-state index in [0.717, 1.165) is 11.2 Å². The lowest BCUT2D eigenvalue weighted by atomic mass is 9.94. The van der Waals surface area contributed by atoms with Crippen LogP contribution >= 0.6 is 0 Å². The summed E-state index contributed by atoms with van der Waals surface area (Å²) < 4.78 is 0. The van der Waals surface area contributed by atoms with Crippen molar-refractivity contribution >= 4 is 10.9 Å². The van der Waals surface area contributed by atoms with Gasteiger partial charge in [0.15, 0.2) is 0 Å². The van der Waals surface area contributed by atoms with Crippen LogP contribution < -0.4 is 0 Å². The Bertz CT molecular complexity index is 800. The number of rotatable bonds is 1. The lowest BCUT2D eigenvalue weighted by Crippen LogP contribution is -1.97. The van der Waals surface area contributed by atoms with Crippen LogP contribution in [-0.4, -0.2) is 4.98 Å². The molecule has 1 aromatic heterocycles. The van der Waals surface area contributed by atoms with Crippen LogP contribution in [-0.2, 0) is 0 Å². The van der Waals surface area contributed by atoms with Crippen molar-refractivity contribution in [1.82, 2.24) is 4.98 Å². The molecule has 3 rings (SSSR count). The number of hydrogen-bond acceptors (Lipinski definition) is 1. The van der Waals surface area contributed by atoms with Gasteiger partial charge in [-0.25, -0.2) is 4.98 Å². The molecule has 0 saturated carbocycles. The number of fused-ring (bicyclic) bond motifs is 1. The Balaban J connectivity index is 2.37. The highest BCUT2D eigenvalue weighted by molar-refractivity contribution is 5.87. The minimum Gasteiger partial charge on any atom is -0.247 e. The molecule has 0 unspecified atom stereocenters. The van der Waals surface area contributed by atoms with Crippen molar-refractivity contribution in [3.05, 3.63) is 64.7 Å². The van der Waals surface area contributed by atoms with Crippen LogP contribution in [0.3, 0.4) is 0 Å². The van der Waals surface area contributed by atoms with Gasteiger partial charge in [-0.1, -0.05) is 36.4 Å². The van der Waals surface area contributed by atoms with Gasteiger partial charge >= 0.3 is 0 Å². The van der Waals surface area contributed by atoms with Gasteiger partial charge in [0.05, 0.1) is 11.2 Å². The normalized spacial score (nSPS) is 11.0. The molecule has 0 amide bonds. The van der Waals surface area contributed by atoms with Crippen LogP contribution in [0.5, 0.6) is 0 Å². The maximum Gasteiger partial charge on any atom is 0.0744 e. The van der Waals surface area contributed by atoms with Gasteiger partial charge in [-0.3, -0.25) is 0 Å². The Morgan fingerprint density at radius 1 is 0.700 bits per heavy atom. The molecule has 1 nitrogen and oxygen atoms in total. The summed E-state index contributed by atoms with van der Waals surface area (Å²) in [5, 5.41) is 1.25. The molecule has 0 aliphatic carbocycles. The summed E-state index contributed by atoms with van der Waals surface area (Å²) in [6, 6.07) is 14.8. The molecule has 0 spiro atoms. The highest BCUT2D eigenvalue weighted by atomic mass is 14.7. The van der Waals surface area contributed by atoms with E-state index in [-0.39, 0.29) is 0 Å². The summed E-state index contributed by atoms with van der Waals surface area (Å²) in [6.07, 6.45) is 0. The van der Waals surface area contributed by atoms with Crippen molar-refractivity contribution in [2.45, 2.75) is 27.7 Å². The molecule has 0 radical (unpaired) electrons. The molecule has 0 atom stereocenters. The number of aryl methyl sites for hydroxylation is 2. The first-order chi connectivity index (χ1) is 9.59. The number of para-hydroxylation sites is 1. The molecule has 0 bridgehead atoms. The number of aromatic nitrogens is 1. The Morgan fingerprint density at radius 2 is 1.45 bits per heavy atom. The average Bonchev–Trinajstić information content (AvgIpc) is 2.46. The van der Waals surface area contributed by atoms with E-state index in [1.165, 1.54) is 33.2 Å². The largest absolute Gasteiger partial charge is 0.247 e. The van der Waals surface area contributed by atoms with Gasteiger partial charge in [0.2, 0.25) is 0 Å². The molecule has 1 heteroatoms. The first-order valence-electron chi connectivity index (χ1n) is 7.02. The molecule has 3 aromatic rings. The summed E-state index contributed by atoms with van der Waals surface area (Å²) in [5.41, 5.74) is 8.67. The topological polar surface area (TPSA) is 12.9 Å². The van der Waals surface area contributed by atoms with Gasteiger partial charge in [-0.05, 0) is 56.0 Å². The van der Waals surface area contributed by atoms with Crippen molar-refractivity contribution in [3.63, 3.8) is 0 Å². The molecule has 1 heterocycles. The fourth-order valence-corrected chi connectivity index (χ4v) is 2.74. The third kappa shape index (κ3) is 1.90. The Labute approximate surface area is 120 Å². The summed E-state index contributed by atoms with van der Waals surface area (Å²) in [4.78, 5) is 4.91. The maximum atomic E-state index is 4.91. The third-order valence-corrected chi connectivity index (χ3v) is 4.32. The Hall–Kier alpha value is -2.15. The number of benzene rings is 2. The quantitative estimate of drug-likeness (QED) is 0.591. The van der Waals surface area contributed by atoms with Crippen LogP contribution in [0.15, 0.2) is 42.5 Å². The molecule has 20 heavy (non-hydrogen) atoms. The number of nitrogens with zero attached hydrogens (tertiary/aromatic N) is 1. The fourth-order valence-electron chi connectivity index (χ4n) is 2.74. The molecule has 0 N–H and O–H groups in total. The fraction of sp³-hybridized carbons (Fsp3) is 0.211. The Morgan fingerprint density at radius 3 is 2.25 bits per heavy atom. The lowest BCUT2D eigenvalue weighted by molar-refractivity contribution is 1.25. The predicted molar refractivity (Wildman–Crippen MR) is 86.1 cm³/mol. The second-order valence-electron chi connectivity index (χ2n) is 5.48. The standard InChI is InChI=1S/C19H19N/c1-12-8-7-10-17(13(12)2)19-15(4)14(3)16-9-5-6-11-18(16)20-19/h5-11H,1-4H3. The zero-order valence-electron chi connectivity index (χ0n) is 12.5. The average molecular weight is 261 g/mol. The van der Waals surface area contributed by atoms with Gasteiger partial charge < -0.3 is 0 Å². The highest BCUT2D eigenvalue weighted by Crippen LogP contribution is 2.31.